The molecule has 0 spiro atoms. The van der Waals surface area contributed by atoms with E-state index >= 15 is 0 Å². The Morgan fingerprint density at radius 3 is 2.74 bits per heavy atom. The minimum Gasteiger partial charge on any atom is -0.352 e. The van der Waals surface area contributed by atoms with Gasteiger partial charge in [-0.15, -0.1) is 12.4 Å². The molecule has 27 heavy (non-hydrogen) atoms. The molecule has 4 rings (SSSR count). The van der Waals surface area contributed by atoms with Gasteiger partial charge >= 0.3 is 0 Å². The zero-order valence-corrected chi connectivity index (χ0v) is 15.8. The molecule has 1 fully saturated rings. The number of hydrogen-bond donors (Lipinski definition) is 2. The number of rotatable bonds is 5. The number of nitrogens with zero attached hydrogens (tertiary/aromatic N) is 5. The summed E-state index contributed by atoms with van der Waals surface area (Å²) >= 11 is 0. The van der Waals surface area contributed by atoms with E-state index in [4.69, 9.17) is 0 Å². The average Bonchev–Trinajstić information content (AvgIpc) is 3.40. The van der Waals surface area contributed by atoms with Crippen LogP contribution in [0.2, 0.25) is 0 Å². The molecule has 3 heterocycles. The number of carbonyl (C=O) groups excluding carboxylic acids is 1. The van der Waals surface area contributed by atoms with Crippen molar-refractivity contribution >= 4 is 18.3 Å². The highest BCUT2D eigenvalue weighted by Gasteiger charge is 2.34. The summed E-state index contributed by atoms with van der Waals surface area (Å²) in [5.74, 6) is 0.163. The van der Waals surface area contributed by atoms with Gasteiger partial charge in [-0.1, -0.05) is 12.1 Å². The van der Waals surface area contributed by atoms with Crippen LogP contribution in [0, 0.1) is 5.92 Å². The van der Waals surface area contributed by atoms with Gasteiger partial charge < -0.3 is 10.6 Å². The highest BCUT2D eigenvalue weighted by molar-refractivity contribution is 5.85. The molecule has 2 N–H and O–H groups in total. The van der Waals surface area contributed by atoms with Crippen molar-refractivity contribution < 1.29 is 4.79 Å². The van der Waals surface area contributed by atoms with Gasteiger partial charge in [-0.3, -0.25) is 9.48 Å². The normalized spacial score (nSPS) is 18.9. The van der Waals surface area contributed by atoms with Gasteiger partial charge in [0.25, 0.3) is 0 Å². The summed E-state index contributed by atoms with van der Waals surface area (Å²) in [6, 6.07) is 7.91. The van der Waals surface area contributed by atoms with Crippen LogP contribution in [0.3, 0.4) is 0 Å². The molecule has 3 aromatic rings. The molecule has 1 amide bonds. The number of benzene rings is 1. The van der Waals surface area contributed by atoms with Gasteiger partial charge in [0.1, 0.15) is 12.7 Å². The summed E-state index contributed by atoms with van der Waals surface area (Å²) in [5, 5.41) is 14.7. The number of halogens is 1. The maximum Gasteiger partial charge on any atom is 0.225 e. The van der Waals surface area contributed by atoms with Crippen LogP contribution >= 0.6 is 12.4 Å². The van der Waals surface area contributed by atoms with Crippen LogP contribution in [-0.4, -0.2) is 43.5 Å². The van der Waals surface area contributed by atoms with Crippen molar-refractivity contribution in [2.24, 2.45) is 13.0 Å². The predicted molar refractivity (Wildman–Crippen MR) is 103 cm³/mol. The largest absolute Gasteiger partial charge is 0.352 e. The highest BCUT2D eigenvalue weighted by Crippen LogP contribution is 2.27. The first-order valence-electron chi connectivity index (χ1n) is 8.61. The van der Waals surface area contributed by atoms with E-state index in [1.54, 1.807) is 15.7 Å². The lowest BCUT2D eigenvalue weighted by Gasteiger charge is -2.17. The molecule has 1 aliphatic rings. The van der Waals surface area contributed by atoms with E-state index in [9.17, 15) is 4.79 Å². The van der Waals surface area contributed by atoms with Crippen LogP contribution < -0.4 is 10.6 Å². The van der Waals surface area contributed by atoms with Crippen molar-refractivity contribution in [3.8, 4) is 5.69 Å². The molecule has 1 aromatic carbocycles. The number of carbonyl (C=O) groups is 1. The predicted octanol–water partition coefficient (Wildman–Crippen LogP) is 1.04. The van der Waals surface area contributed by atoms with Crippen LogP contribution in [-0.2, 0) is 18.4 Å². The number of nitrogens with one attached hydrogen (secondary N) is 2. The highest BCUT2D eigenvalue weighted by atomic mass is 35.5. The fourth-order valence-corrected chi connectivity index (χ4v) is 3.36. The summed E-state index contributed by atoms with van der Waals surface area (Å²) in [7, 11) is 1.89. The smallest absolute Gasteiger partial charge is 0.225 e. The second-order valence-corrected chi connectivity index (χ2v) is 6.54. The van der Waals surface area contributed by atoms with E-state index in [-0.39, 0.29) is 30.2 Å². The van der Waals surface area contributed by atoms with Crippen LogP contribution in [0.4, 0.5) is 0 Å². The standard InChI is InChI=1S/C18H21N7O.ClH/c1-24-10-14(7-22-24)16-8-19-9-17(16)18(26)21-6-13-2-4-15(5-3-13)25-12-20-11-23-25;/h2-5,7,10-12,16-17,19H,6,8-9H2,1H3,(H,21,26);1H/t16-,17+;/m1./s1. The maximum atomic E-state index is 12.7. The quantitative estimate of drug-likeness (QED) is 0.682. The Hall–Kier alpha value is -2.71. The molecule has 142 valence electrons. The second kappa shape index (κ2) is 8.32. The van der Waals surface area contributed by atoms with Gasteiger partial charge in [-0.2, -0.15) is 10.2 Å². The Labute approximate surface area is 163 Å². The van der Waals surface area contributed by atoms with Crippen LogP contribution in [0.1, 0.15) is 17.0 Å². The summed E-state index contributed by atoms with van der Waals surface area (Å²) in [4.78, 5) is 16.6. The fourth-order valence-electron chi connectivity index (χ4n) is 3.36. The van der Waals surface area contributed by atoms with Gasteiger partial charge in [-0.25, -0.2) is 9.67 Å². The SMILES string of the molecule is Cl.Cn1cc([C@H]2CNC[C@@H]2C(=O)NCc2ccc(-n3cncn3)cc2)cn1. The average molecular weight is 388 g/mol. The Morgan fingerprint density at radius 2 is 2.07 bits per heavy atom. The van der Waals surface area contributed by atoms with E-state index in [2.05, 4.69) is 25.8 Å². The maximum absolute atomic E-state index is 12.7. The molecule has 0 saturated carbocycles. The number of aryl methyl sites for hydroxylation is 1. The summed E-state index contributed by atoms with van der Waals surface area (Å²) in [6.07, 6.45) is 6.99. The monoisotopic (exact) mass is 387 g/mol. The first kappa shape index (κ1) is 19.1. The molecule has 0 aliphatic carbocycles. The minimum absolute atomic E-state index is 0. The van der Waals surface area contributed by atoms with Gasteiger partial charge in [-0.05, 0) is 23.3 Å². The Bertz CT molecular complexity index is 876. The number of aromatic nitrogens is 5. The first-order chi connectivity index (χ1) is 12.7. The molecule has 2 aromatic heterocycles. The van der Waals surface area contributed by atoms with Crippen molar-refractivity contribution in [1.29, 1.82) is 0 Å². The van der Waals surface area contributed by atoms with Crippen LogP contribution in [0.15, 0.2) is 49.3 Å². The third kappa shape index (κ3) is 4.17. The van der Waals surface area contributed by atoms with E-state index in [0.717, 1.165) is 23.4 Å². The van der Waals surface area contributed by atoms with E-state index < -0.39 is 0 Å². The van der Waals surface area contributed by atoms with E-state index in [0.29, 0.717) is 13.1 Å². The number of hydrogen-bond acceptors (Lipinski definition) is 5. The lowest BCUT2D eigenvalue weighted by atomic mass is 9.90. The van der Waals surface area contributed by atoms with E-state index in [1.165, 1.54) is 6.33 Å². The molecule has 0 bridgehead atoms. The molecule has 2 atom stereocenters. The summed E-state index contributed by atoms with van der Waals surface area (Å²) in [5.41, 5.74) is 3.09. The molecule has 0 radical (unpaired) electrons. The van der Waals surface area contributed by atoms with Gasteiger partial charge in [0.2, 0.25) is 5.91 Å². The lowest BCUT2D eigenvalue weighted by Crippen LogP contribution is -2.33. The van der Waals surface area contributed by atoms with Crippen LogP contribution in [0.25, 0.3) is 5.69 Å². The third-order valence-electron chi connectivity index (χ3n) is 4.79. The fraction of sp³-hybridized carbons (Fsp3) is 0.333. The molecule has 1 aliphatic heterocycles. The van der Waals surface area contributed by atoms with Crippen molar-refractivity contribution in [2.75, 3.05) is 13.1 Å². The zero-order valence-electron chi connectivity index (χ0n) is 14.9. The molecular weight excluding hydrogens is 366 g/mol. The number of amides is 1. The first-order valence-corrected chi connectivity index (χ1v) is 8.61. The summed E-state index contributed by atoms with van der Waals surface area (Å²) in [6.45, 7) is 2.00. The third-order valence-corrected chi connectivity index (χ3v) is 4.79. The van der Waals surface area contributed by atoms with Crippen molar-refractivity contribution in [3.63, 3.8) is 0 Å². The lowest BCUT2D eigenvalue weighted by molar-refractivity contribution is -0.125. The van der Waals surface area contributed by atoms with Crippen molar-refractivity contribution in [3.05, 3.63) is 60.4 Å². The molecule has 8 nitrogen and oxygen atoms in total. The molecule has 1 saturated heterocycles. The Morgan fingerprint density at radius 1 is 1.26 bits per heavy atom. The molecular formula is C18H22ClN7O. The van der Waals surface area contributed by atoms with Gasteiger partial charge in [0, 0.05) is 38.8 Å². The van der Waals surface area contributed by atoms with Crippen molar-refractivity contribution in [1.82, 2.24) is 35.2 Å². The molecule has 9 heteroatoms. The topological polar surface area (TPSA) is 89.7 Å². The van der Waals surface area contributed by atoms with Gasteiger partial charge in [0.05, 0.1) is 17.8 Å². The van der Waals surface area contributed by atoms with Gasteiger partial charge in [0.15, 0.2) is 0 Å². The summed E-state index contributed by atoms with van der Waals surface area (Å²) < 4.78 is 3.48. The Kier molecular flexibility index (Phi) is 5.88. The minimum atomic E-state index is -0.0754. The van der Waals surface area contributed by atoms with Crippen LogP contribution in [0.5, 0.6) is 0 Å². The van der Waals surface area contributed by atoms with E-state index in [1.807, 2.05) is 43.7 Å². The second-order valence-electron chi connectivity index (χ2n) is 6.54. The Balaban J connectivity index is 0.00000210. The zero-order chi connectivity index (χ0) is 17.9. The van der Waals surface area contributed by atoms with Crippen molar-refractivity contribution in [2.45, 2.75) is 12.5 Å². The molecule has 0 unspecified atom stereocenters.